The van der Waals surface area contributed by atoms with Gasteiger partial charge in [-0.15, -0.1) is 0 Å². The van der Waals surface area contributed by atoms with Crippen molar-refractivity contribution in [2.75, 3.05) is 0 Å². The highest BCUT2D eigenvalue weighted by molar-refractivity contribution is 5.62. The van der Waals surface area contributed by atoms with Crippen LogP contribution < -0.4 is 11.5 Å². The molecule has 0 saturated heterocycles. The van der Waals surface area contributed by atoms with Crippen molar-refractivity contribution < 1.29 is 5.11 Å². The molecule has 2 atom stereocenters. The summed E-state index contributed by atoms with van der Waals surface area (Å²) in [4.78, 5) is 0. The summed E-state index contributed by atoms with van der Waals surface area (Å²) in [6, 6.07) is 5.70. The third-order valence-electron chi connectivity index (χ3n) is 3.50. The number of hydrogen-bond donors (Lipinski definition) is 3. The smallest absolute Gasteiger partial charge is 0.125 e. The SMILES string of the molecule is Cc1cccc(C=C2CCCC(N)C2N)c1O. The zero-order valence-electron chi connectivity index (χ0n) is 10.2. The van der Waals surface area contributed by atoms with Crippen LogP contribution >= 0.6 is 0 Å². The molecule has 0 bridgehead atoms. The normalized spacial score (nSPS) is 27.4. The molecule has 1 aliphatic rings. The van der Waals surface area contributed by atoms with Crippen molar-refractivity contribution >= 4 is 6.08 Å². The third kappa shape index (κ3) is 2.51. The average Bonchev–Trinajstić information content (AvgIpc) is 2.31. The lowest BCUT2D eigenvalue weighted by Gasteiger charge is -2.28. The van der Waals surface area contributed by atoms with Crippen molar-refractivity contribution in [2.24, 2.45) is 11.5 Å². The fraction of sp³-hybridized carbons (Fsp3) is 0.429. The first-order valence-electron chi connectivity index (χ1n) is 6.10. The van der Waals surface area contributed by atoms with Gasteiger partial charge < -0.3 is 16.6 Å². The molecule has 1 aliphatic carbocycles. The summed E-state index contributed by atoms with van der Waals surface area (Å²) in [6.45, 7) is 1.89. The van der Waals surface area contributed by atoms with Gasteiger partial charge in [0.25, 0.3) is 0 Å². The van der Waals surface area contributed by atoms with E-state index in [1.54, 1.807) is 0 Å². The molecule has 0 spiro atoms. The van der Waals surface area contributed by atoms with Gasteiger partial charge in [0.15, 0.2) is 0 Å². The van der Waals surface area contributed by atoms with Crippen LogP contribution in [0, 0.1) is 6.92 Å². The number of phenolic OH excluding ortho intramolecular Hbond substituents is 1. The molecule has 0 amide bonds. The van der Waals surface area contributed by atoms with Gasteiger partial charge in [0.1, 0.15) is 5.75 Å². The van der Waals surface area contributed by atoms with E-state index in [0.717, 1.165) is 36.0 Å². The molecule has 2 rings (SSSR count). The Kier molecular flexibility index (Phi) is 3.50. The highest BCUT2D eigenvalue weighted by Crippen LogP contribution is 2.28. The summed E-state index contributed by atoms with van der Waals surface area (Å²) in [5.41, 5.74) is 14.9. The number of aryl methyl sites for hydroxylation is 1. The van der Waals surface area contributed by atoms with E-state index >= 15 is 0 Å². The van der Waals surface area contributed by atoms with E-state index in [2.05, 4.69) is 0 Å². The van der Waals surface area contributed by atoms with Crippen LogP contribution in [0.4, 0.5) is 0 Å². The first-order valence-corrected chi connectivity index (χ1v) is 6.10. The molecule has 1 fully saturated rings. The van der Waals surface area contributed by atoms with Gasteiger partial charge in [-0.2, -0.15) is 0 Å². The zero-order chi connectivity index (χ0) is 12.4. The number of nitrogens with two attached hydrogens (primary N) is 2. The Labute approximate surface area is 102 Å². The molecule has 0 aliphatic heterocycles. The van der Waals surface area contributed by atoms with Crippen LogP contribution in [-0.2, 0) is 0 Å². The van der Waals surface area contributed by atoms with Crippen molar-refractivity contribution in [2.45, 2.75) is 38.3 Å². The molecular weight excluding hydrogens is 212 g/mol. The van der Waals surface area contributed by atoms with Crippen molar-refractivity contribution in [3.8, 4) is 5.75 Å². The van der Waals surface area contributed by atoms with Gasteiger partial charge in [0.2, 0.25) is 0 Å². The number of phenols is 1. The maximum absolute atomic E-state index is 9.96. The number of para-hydroxylation sites is 1. The van der Waals surface area contributed by atoms with Gasteiger partial charge in [0, 0.05) is 17.6 Å². The highest BCUT2D eigenvalue weighted by Gasteiger charge is 2.22. The van der Waals surface area contributed by atoms with E-state index in [9.17, 15) is 5.11 Å². The van der Waals surface area contributed by atoms with E-state index in [0.29, 0.717) is 5.75 Å². The van der Waals surface area contributed by atoms with Crippen molar-refractivity contribution in [3.63, 3.8) is 0 Å². The van der Waals surface area contributed by atoms with Crippen LogP contribution in [-0.4, -0.2) is 17.2 Å². The molecule has 92 valence electrons. The molecule has 1 saturated carbocycles. The molecule has 17 heavy (non-hydrogen) atoms. The quantitative estimate of drug-likeness (QED) is 0.692. The molecule has 0 heterocycles. The minimum absolute atomic E-state index is 0.0435. The van der Waals surface area contributed by atoms with Gasteiger partial charge in [-0.25, -0.2) is 0 Å². The number of benzene rings is 1. The van der Waals surface area contributed by atoms with Crippen LogP contribution in [0.2, 0.25) is 0 Å². The third-order valence-corrected chi connectivity index (χ3v) is 3.50. The summed E-state index contributed by atoms with van der Waals surface area (Å²) in [7, 11) is 0. The topological polar surface area (TPSA) is 72.3 Å². The van der Waals surface area contributed by atoms with Crippen LogP contribution in [0.5, 0.6) is 5.75 Å². The molecule has 0 radical (unpaired) electrons. The minimum atomic E-state index is -0.0799. The second-order valence-electron chi connectivity index (χ2n) is 4.81. The van der Waals surface area contributed by atoms with Crippen LogP contribution in [0.1, 0.15) is 30.4 Å². The van der Waals surface area contributed by atoms with Crippen LogP contribution in [0.15, 0.2) is 23.8 Å². The maximum Gasteiger partial charge on any atom is 0.125 e. The Hall–Kier alpha value is -1.32. The fourth-order valence-electron chi connectivity index (χ4n) is 2.33. The molecule has 1 aromatic rings. The van der Waals surface area contributed by atoms with Gasteiger partial charge in [0.05, 0.1) is 0 Å². The van der Waals surface area contributed by atoms with E-state index in [4.69, 9.17) is 11.5 Å². The molecule has 5 N–H and O–H groups in total. The Balaban J connectivity index is 2.32. The van der Waals surface area contributed by atoms with E-state index < -0.39 is 0 Å². The molecule has 2 unspecified atom stereocenters. The number of hydrogen-bond acceptors (Lipinski definition) is 3. The number of rotatable bonds is 1. The van der Waals surface area contributed by atoms with E-state index in [1.165, 1.54) is 0 Å². The first kappa shape index (κ1) is 12.1. The maximum atomic E-state index is 9.96. The van der Waals surface area contributed by atoms with Gasteiger partial charge in [-0.05, 0) is 31.7 Å². The average molecular weight is 232 g/mol. The summed E-state index contributed by atoms with van der Waals surface area (Å²) in [5, 5.41) is 9.96. The molecular formula is C14H20N2O. The van der Waals surface area contributed by atoms with Crippen molar-refractivity contribution in [1.82, 2.24) is 0 Å². The Bertz CT molecular complexity index is 440. The second-order valence-corrected chi connectivity index (χ2v) is 4.81. The fourth-order valence-corrected chi connectivity index (χ4v) is 2.33. The van der Waals surface area contributed by atoms with E-state index in [-0.39, 0.29) is 12.1 Å². The van der Waals surface area contributed by atoms with Gasteiger partial charge in [-0.3, -0.25) is 0 Å². The predicted octanol–water partition coefficient (Wildman–Crippen LogP) is 1.92. The lowest BCUT2D eigenvalue weighted by Crippen LogP contribution is -2.45. The summed E-state index contributed by atoms with van der Waals surface area (Å²) in [6.07, 6.45) is 5.03. The first-order chi connectivity index (χ1) is 8.09. The van der Waals surface area contributed by atoms with E-state index in [1.807, 2.05) is 31.2 Å². The largest absolute Gasteiger partial charge is 0.507 e. The monoisotopic (exact) mass is 232 g/mol. The summed E-state index contributed by atoms with van der Waals surface area (Å²) < 4.78 is 0. The Morgan fingerprint density at radius 2 is 2.12 bits per heavy atom. The van der Waals surface area contributed by atoms with Crippen molar-refractivity contribution in [1.29, 1.82) is 0 Å². The predicted molar refractivity (Wildman–Crippen MR) is 70.6 cm³/mol. The lowest BCUT2D eigenvalue weighted by atomic mass is 9.85. The second kappa shape index (κ2) is 4.90. The molecule has 3 nitrogen and oxygen atoms in total. The molecule has 1 aromatic carbocycles. The minimum Gasteiger partial charge on any atom is -0.507 e. The van der Waals surface area contributed by atoms with Crippen LogP contribution in [0.3, 0.4) is 0 Å². The lowest BCUT2D eigenvalue weighted by molar-refractivity contribution is 0.461. The van der Waals surface area contributed by atoms with Gasteiger partial charge >= 0.3 is 0 Å². The highest BCUT2D eigenvalue weighted by atomic mass is 16.3. The summed E-state index contributed by atoms with van der Waals surface area (Å²) >= 11 is 0. The summed E-state index contributed by atoms with van der Waals surface area (Å²) in [5.74, 6) is 0.339. The Morgan fingerprint density at radius 1 is 1.35 bits per heavy atom. The Morgan fingerprint density at radius 3 is 2.88 bits per heavy atom. The molecule has 3 heteroatoms. The van der Waals surface area contributed by atoms with Crippen molar-refractivity contribution in [3.05, 3.63) is 34.9 Å². The number of aromatic hydroxyl groups is 1. The zero-order valence-corrected chi connectivity index (χ0v) is 10.2. The van der Waals surface area contributed by atoms with Crippen LogP contribution in [0.25, 0.3) is 6.08 Å². The standard InChI is InChI=1S/C14H20N2O/c1-9-4-2-6-11(14(9)17)8-10-5-3-7-12(15)13(10)16/h2,4,6,8,12-13,17H,3,5,7,15-16H2,1H3. The van der Waals surface area contributed by atoms with Gasteiger partial charge in [-0.1, -0.05) is 29.8 Å². The molecule has 0 aromatic heterocycles.